The molecule has 0 amide bonds. The lowest BCUT2D eigenvalue weighted by atomic mass is 10.2. The Morgan fingerprint density at radius 1 is 1.12 bits per heavy atom. The van der Waals surface area contributed by atoms with Crippen LogP contribution in [0.25, 0.3) is 10.9 Å². The topological polar surface area (TPSA) is 8.17 Å². The van der Waals surface area contributed by atoms with Gasteiger partial charge >= 0.3 is 0 Å². The number of rotatable bonds is 4. The van der Waals surface area contributed by atoms with Gasteiger partial charge in [0.25, 0.3) is 0 Å². The summed E-state index contributed by atoms with van der Waals surface area (Å²) in [6, 6.07) is 8.70. The highest BCUT2D eigenvalue weighted by atomic mass is 15.1. The first-order valence-electron chi connectivity index (χ1n) is 6.30. The molecule has 0 saturated heterocycles. The maximum atomic E-state index is 2.45. The van der Waals surface area contributed by atoms with Crippen molar-refractivity contribution in [3.8, 4) is 0 Å². The highest BCUT2D eigenvalue weighted by molar-refractivity contribution is 5.85. The second kappa shape index (κ2) is 4.92. The predicted molar refractivity (Wildman–Crippen MR) is 74.6 cm³/mol. The maximum absolute atomic E-state index is 2.45. The van der Waals surface area contributed by atoms with Crippen LogP contribution in [0.2, 0.25) is 0 Å². The molecule has 0 aliphatic heterocycles. The molecule has 0 spiro atoms. The van der Waals surface area contributed by atoms with Crippen LogP contribution in [0, 0.1) is 13.8 Å². The van der Waals surface area contributed by atoms with E-state index in [1.54, 1.807) is 0 Å². The van der Waals surface area contributed by atoms with Gasteiger partial charge in [-0.25, -0.2) is 0 Å². The third-order valence-electron chi connectivity index (χ3n) is 3.53. The van der Waals surface area contributed by atoms with E-state index in [1.807, 2.05) is 0 Å². The molecular formula is C15H22N2. The molecule has 1 heterocycles. The Morgan fingerprint density at radius 2 is 1.82 bits per heavy atom. The van der Waals surface area contributed by atoms with Gasteiger partial charge in [0, 0.05) is 23.1 Å². The molecule has 0 aliphatic rings. The first kappa shape index (κ1) is 12.2. The first-order valence-corrected chi connectivity index (χ1v) is 6.30. The number of hydrogen-bond donors (Lipinski definition) is 0. The quantitative estimate of drug-likeness (QED) is 0.783. The average Bonchev–Trinajstić information content (AvgIpc) is 2.54. The second-order valence-electron chi connectivity index (χ2n) is 5.04. The number of hydrogen-bond acceptors (Lipinski definition) is 1. The minimum Gasteiger partial charge on any atom is -0.345 e. The molecule has 0 bridgehead atoms. The van der Waals surface area contributed by atoms with Crippen LogP contribution in [-0.2, 0) is 6.54 Å². The fraction of sp³-hybridized carbons (Fsp3) is 0.467. The van der Waals surface area contributed by atoms with Crippen LogP contribution < -0.4 is 0 Å². The van der Waals surface area contributed by atoms with Gasteiger partial charge in [0.2, 0.25) is 0 Å². The summed E-state index contributed by atoms with van der Waals surface area (Å²) in [5.74, 6) is 0. The summed E-state index contributed by atoms with van der Waals surface area (Å²) in [5.41, 5.74) is 4.21. The molecule has 1 aromatic carbocycles. The van der Waals surface area contributed by atoms with Crippen LogP contribution in [0.15, 0.2) is 24.3 Å². The van der Waals surface area contributed by atoms with Gasteiger partial charge in [-0.3, -0.25) is 0 Å². The van der Waals surface area contributed by atoms with Crippen LogP contribution >= 0.6 is 0 Å². The molecule has 92 valence electrons. The molecule has 0 N–H and O–H groups in total. The monoisotopic (exact) mass is 230 g/mol. The zero-order valence-corrected chi connectivity index (χ0v) is 11.3. The Kier molecular flexibility index (Phi) is 3.53. The minimum atomic E-state index is 1.11. The lowest BCUT2D eigenvalue weighted by Gasteiger charge is -2.12. The fourth-order valence-electron chi connectivity index (χ4n) is 2.44. The third-order valence-corrected chi connectivity index (χ3v) is 3.53. The summed E-state index contributed by atoms with van der Waals surface area (Å²) in [6.45, 7) is 6.70. The summed E-state index contributed by atoms with van der Waals surface area (Å²) < 4.78 is 2.45. The van der Waals surface area contributed by atoms with Crippen molar-refractivity contribution in [2.24, 2.45) is 0 Å². The summed E-state index contributed by atoms with van der Waals surface area (Å²) in [7, 11) is 4.26. The lowest BCUT2D eigenvalue weighted by Crippen LogP contribution is -2.15. The van der Waals surface area contributed by atoms with Crippen molar-refractivity contribution in [3.05, 3.63) is 35.5 Å². The average molecular weight is 230 g/mol. The van der Waals surface area contributed by atoms with Gasteiger partial charge in [0.1, 0.15) is 0 Å². The largest absolute Gasteiger partial charge is 0.345 e. The second-order valence-corrected chi connectivity index (χ2v) is 5.04. The standard InChI is InChI=1S/C15H22N2/c1-12-13(2)17(11-7-10-16(3)4)15-9-6-5-8-14(12)15/h5-6,8-9H,7,10-11H2,1-4H3. The lowest BCUT2D eigenvalue weighted by molar-refractivity contribution is 0.387. The highest BCUT2D eigenvalue weighted by Crippen LogP contribution is 2.24. The van der Waals surface area contributed by atoms with E-state index in [2.05, 4.69) is 61.7 Å². The summed E-state index contributed by atoms with van der Waals surface area (Å²) in [4.78, 5) is 2.24. The van der Waals surface area contributed by atoms with Crippen LogP contribution in [0.5, 0.6) is 0 Å². The van der Waals surface area contributed by atoms with Crippen LogP contribution in [0.1, 0.15) is 17.7 Å². The molecule has 0 unspecified atom stereocenters. The van der Waals surface area contributed by atoms with E-state index in [0.717, 1.165) is 13.1 Å². The van der Waals surface area contributed by atoms with Crippen LogP contribution in [0.3, 0.4) is 0 Å². The van der Waals surface area contributed by atoms with Crippen molar-refractivity contribution < 1.29 is 0 Å². The highest BCUT2D eigenvalue weighted by Gasteiger charge is 2.09. The molecule has 0 atom stereocenters. The Morgan fingerprint density at radius 3 is 2.53 bits per heavy atom. The molecule has 2 nitrogen and oxygen atoms in total. The third kappa shape index (κ3) is 2.37. The van der Waals surface area contributed by atoms with Gasteiger partial charge in [-0.1, -0.05) is 18.2 Å². The van der Waals surface area contributed by atoms with Crippen molar-refractivity contribution in [1.82, 2.24) is 9.47 Å². The Balaban J connectivity index is 2.30. The molecule has 0 saturated carbocycles. The number of aryl methyl sites for hydroxylation is 2. The number of aromatic nitrogens is 1. The van der Waals surface area contributed by atoms with E-state index in [1.165, 1.54) is 28.6 Å². The van der Waals surface area contributed by atoms with Gasteiger partial charge in [0.05, 0.1) is 0 Å². The zero-order valence-electron chi connectivity index (χ0n) is 11.3. The summed E-state index contributed by atoms with van der Waals surface area (Å²) >= 11 is 0. The minimum absolute atomic E-state index is 1.11. The van der Waals surface area contributed by atoms with Crippen LogP contribution in [0.4, 0.5) is 0 Å². The molecule has 2 aromatic rings. The number of nitrogens with zero attached hydrogens (tertiary/aromatic N) is 2. The van der Waals surface area contributed by atoms with Crippen molar-refractivity contribution >= 4 is 10.9 Å². The van der Waals surface area contributed by atoms with E-state index in [-0.39, 0.29) is 0 Å². The molecule has 2 rings (SSSR count). The van der Waals surface area contributed by atoms with E-state index in [4.69, 9.17) is 0 Å². The van der Waals surface area contributed by atoms with Gasteiger partial charge in [-0.15, -0.1) is 0 Å². The van der Waals surface area contributed by atoms with Crippen LogP contribution in [-0.4, -0.2) is 30.1 Å². The van der Waals surface area contributed by atoms with E-state index >= 15 is 0 Å². The molecular weight excluding hydrogens is 208 g/mol. The smallest absolute Gasteiger partial charge is 0.0485 e. The van der Waals surface area contributed by atoms with Gasteiger partial charge in [0.15, 0.2) is 0 Å². The Hall–Kier alpha value is -1.28. The van der Waals surface area contributed by atoms with E-state index in [9.17, 15) is 0 Å². The predicted octanol–water partition coefficient (Wildman–Crippen LogP) is 3.21. The van der Waals surface area contributed by atoms with Crippen molar-refractivity contribution in [3.63, 3.8) is 0 Å². The Bertz CT molecular complexity index is 509. The zero-order chi connectivity index (χ0) is 12.4. The SMILES string of the molecule is Cc1c(C)n(CCCN(C)C)c2ccccc12. The van der Waals surface area contributed by atoms with Gasteiger partial charge in [-0.2, -0.15) is 0 Å². The summed E-state index contributed by atoms with van der Waals surface area (Å²) in [6.07, 6.45) is 1.20. The van der Waals surface area contributed by atoms with E-state index < -0.39 is 0 Å². The van der Waals surface area contributed by atoms with Crippen molar-refractivity contribution in [2.45, 2.75) is 26.8 Å². The molecule has 2 heteroatoms. The Labute approximate surface area is 104 Å². The van der Waals surface area contributed by atoms with Gasteiger partial charge in [-0.05, 0) is 52.5 Å². The molecule has 17 heavy (non-hydrogen) atoms. The molecule has 0 radical (unpaired) electrons. The molecule has 1 aromatic heterocycles. The van der Waals surface area contributed by atoms with Crippen molar-refractivity contribution in [1.29, 1.82) is 0 Å². The number of benzene rings is 1. The molecule has 0 fully saturated rings. The summed E-state index contributed by atoms with van der Waals surface area (Å²) in [5, 5.41) is 1.40. The van der Waals surface area contributed by atoms with Gasteiger partial charge < -0.3 is 9.47 Å². The fourth-order valence-corrected chi connectivity index (χ4v) is 2.44. The first-order chi connectivity index (χ1) is 8.11. The number of para-hydroxylation sites is 1. The maximum Gasteiger partial charge on any atom is 0.0485 e. The van der Waals surface area contributed by atoms with E-state index in [0.29, 0.717) is 0 Å². The molecule has 0 aliphatic carbocycles. The number of fused-ring (bicyclic) bond motifs is 1. The van der Waals surface area contributed by atoms with Crippen molar-refractivity contribution in [2.75, 3.05) is 20.6 Å². The normalized spacial score (nSPS) is 11.6.